The Hall–Kier alpha value is -3.95. The van der Waals surface area contributed by atoms with Gasteiger partial charge in [-0.15, -0.1) is 0 Å². The van der Waals surface area contributed by atoms with Gasteiger partial charge in [-0.1, -0.05) is 24.3 Å². The number of carbonyl (C=O) groups excluding carboxylic acids is 3. The molecular formula is C21H23N3O7. The molecule has 0 atom stereocenters. The highest BCUT2D eigenvalue weighted by molar-refractivity contribution is 5.96. The van der Waals surface area contributed by atoms with Crippen molar-refractivity contribution in [3.05, 3.63) is 69.8 Å². The van der Waals surface area contributed by atoms with Crippen LogP contribution < -0.4 is 10.6 Å². The van der Waals surface area contributed by atoms with Gasteiger partial charge in [0.2, 0.25) is 0 Å². The third kappa shape index (κ3) is 7.77. The Labute approximate surface area is 178 Å². The summed E-state index contributed by atoms with van der Waals surface area (Å²) in [5.41, 5.74) is 0.0827. The van der Waals surface area contributed by atoms with E-state index in [1.165, 1.54) is 36.4 Å². The number of anilines is 1. The predicted octanol–water partition coefficient (Wildman–Crippen LogP) is 3.42. The molecule has 2 amide bonds. The lowest BCUT2D eigenvalue weighted by molar-refractivity contribution is -0.383. The number of carbonyl (C=O) groups is 3. The Morgan fingerprint density at radius 3 is 2.29 bits per heavy atom. The number of hydrogen-bond acceptors (Lipinski definition) is 7. The zero-order valence-corrected chi connectivity index (χ0v) is 17.3. The smallest absolute Gasteiger partial charge is 0.407 e. The molecule has 0 aliphatic heterocycles. The van der Waals surface area contributed by atoms with Gasteiger partial charge in [0.15, 0.2) is 6.61 Å². The van der Waals surface area contributed by atoms with Crippen LogP contribution in [0.25, 0.3) is 0 Å². The van der Waals surface area contributed by atoms with Crippen molar-refractivity contribution in [2.24, 2.45) is 0 Å². The minimum atomic E-state index is -0.732. The molecule has 2 aromatic carbocycles. The highest BCUT2D eigenvalue weighted by atomic mass is 16.6. The summed E-state index contributed by atoms with van der Waals surface area (Å²) in [5, 5.41) is 15.9. The number of nitro groups is 1. The molecule has 164 valence electrons. The minimum Gasteiger partial charge on any atom is -0.452 e. The number of amides is 2. The maximum absolute atomic E-state index is 12.1. The number of para-hydroxylation sites is 2. The first-order chi connectivity index (χ1) is 14.5. The van der Waals surface area contributed by atoms with Crippen LogP contribution in [-0.2, 0) is 20.8 Å². The zero-order valence-electron chi connectivity index (χ0n) is 17.3. The highest BCUT2D eigenvalue weighted by Crippen LogP contribution is 2.23. The van der Waals surface area contributed by atoms with Crippen LogP contribution in [0.1, 0.15) is 36.7 Å². The van der Waals surface area contributed by atoms with E-state index in [0.29, 0.717) is 0 Å². The van der Waals surface area contributed by atoms with Gasteiger partial charge in [-0.25, -0.2) is 9.59 Å². The van der Waals surface area contributed by atoms with Crippen LogP contribution in [0.15, 0.2) is 48.5 Å². The van der Waals surface area contributed by atoms with E-state index in [-0.39, 0.29) is 23.5 Å². The van der Waals surface area contributed by atoms with Crippen molar-refractivity contribution in [3.8, 4) is 0 Å². The average molecular weight is 429 g/mol. The molecule has 0 saturated carbocycles. The van der Waals surface area contributed by atoms with Crippen molar-refractivity contribution in [2.45, 2.75) is 32.9 Å². The summed E-state index contributed by atoms with van der Waals surface area (Å²) in [6.07, 6.45) is -0.555. The Kier molecular flexibility index (Phi) is 7.67. The van der Waals surface area contributed by atoms with Gasteiger partial charge >= 0.3 is 12.1 Å². The molecule has 0 unspecified atom stereocenters. The van der Waals surface area contributed by atoms with Crippen molar-refractivity contribution in [1.82, 2.24) is 5.32 Å². The second-order valence-corrected chi connectivity index (χ2v) is 7.45. The van der Waals surface area contributed by atoms with E-state index in [2.05, 4.69) is 10.6 Å². The topological polar surface area (TPSA) is 137 Å². The summed E-state index contributed by atoms with van der Waals surface area (Å²) < 4.78 is 10.1. The number of rotatable bonds is 7. The normalized spacial score (nSPS) is 10.7. The highest BCUT2D eigenvalue weighted by Gasteiger charge is 2.17. The van der Waals surface area contributed by atoms with Crippen molar-refractivity contribution >= 4 is 29.3 Å². The first kappa shape index (κ1) is 23.3. The number of nitrogens with zero attached hydrogens (tertiary/aromatic N) is 1. The van der Waals surface area contributed by atoms with E-state index in [9.17, 15) is 24.5 Å². The van der Waals surface area contributed by atoms with Crippen molar-refractivity contribution in [3.63, 3.8) is 0 Å². The summed E-state index contributed by atoms with van der Waals surface area (Å²) in [5.74, 6) is -1.44. The van der Waals surface area contributed by atoms with Crippen LogP contribution in [-0.4, -0.2) is 35.1 Å². The lowest BCUT2D eigenvalue weighted by atomic mass is 10.1. The number of alkyl carbamates (subject to hydrolysis) is 1. The molecule has 0 aliphatic rings. The molecule has 0 saturated heterocycles. The maximum atomic E-state index is 12.1. The van der Waals surface area contributed by atoms with E-state index in [0.717, 1.165) is 5.56 Å². The van der Waals surface area contributed by atoms with Crippen molar-refractivity contribution in [1.29, 1.82) is 0 Å². The molecule has 2 rings (SSSR count). The fourth-order valence-electron chi connectivity index (χ4n) is 2.39. The summed E-state index contributed by atoms with van der Waals surface area (Å²) in [6, 6.07) is 11.9. The van der Waals surface area contributed by atoms with Crippen LogP contribution >= 0.6 is 0 Å². The van der Waals surface area contributed by atoms with Crippen molar-refractivity contribution < 1.29 is 28.8 Å². The van der Waals surface area contributed by atoms with Gasteiger partial charge in [-0.3, -0.25) is 14.9 Å². The molecular weight excluding hydrogens is 406 g/mol. The third-order valence-corrected chi connectivity index (χ3v) is 3.73. The van der Waals surface area contributed by atoms with E-state index in [4.69, 9.17) is 9.47 Å². The SMILES string of the molecule is CC(C)(C)OC(=O)NCc1ccc(C(=O)OCC(=O)Nc2ccccc2[N+](=O)[O-])cc1. The molecule has 10 nitrogen and oxygen atoms in total. The first-order valence-electron chi connectivity index (χ1n) is 9.31. The average Bonchev–Trinajstić information content (AvgIpc) is 2.70. The molecule has 0 bridgehead atoms. The summed E-state index contributed by atoms with van der Waals surface area (Å²) in [4.78, 5) is 46.1. The number of ether oxygens (including phenoxy) is 2. The Morgan fingerprint density at radius 1 is 1.03 bits per heavy atom. The van der Waals surface area contributed by atoms with Gasteiger partial charge in [0.25, 0.3) is 11.6 Å². The number of esters is 1. The molecule has 10 heteroatoms. The van der Waals surface area contributed by atoms with E-state index in [1.807, 2.05) is 0 Å². The molecule has 31 heavy (non-hydrogen) atoms. The maximum Gasteiger partial charge on any atom is 0.407 e. The van der Waals surface area contributed by atoms with Crippen LogP contribution in [0.4, 0.5) is 16.2 Å². The Balaban J connectivity index is 1.84. The zero-order chi connectivity index (χ0) is 23.0. The van der Waals surface area contributed by atoms with Crippen LogP contribution in [0.5, 0.6) is 0 Å². The fraction of sp³-hybridized carbons (Fsp3) is 0.286. The van der Waals surface area contributed by atoms with Crippen LogP contribution in [0.3, 0.4) is 0 Å². The van der Waals surface area contributed by atoms with Gasteiger partial charge in [0.05, 0.1) is 10.5 Å². The Bertz CT molecular complexity index is 966. The minimum absolute atomic E-state index is 0.00962. The summed E-state index contributed by atoms with van der Waals surface area (Å²) in [7, 11) is 0. The molecule has 0 fully saturated rings. The van der Waals surface area contributed by atoms with Gasteiger partial charge in [-0.05, 0) is 44.5 Å². The van der Waals surface area contributed by atoms with Crippen molar-refractivity contribution in [2.75, 3.05) is 11.9 Å². The van der Waals surface area contributed by atoms with E-state index >= 15 is 0 Å². The monoisotopic (exact) mass is 429 g/mol. The number of benzene rings is 2. The quantitative estimate of drug-likeness (QED) is 0.391. The number of hydrogen-bond donors (Lipinski definition) is 2. The molecule has 2 N–H and O–H groups in total. The van der Waals surface area contributed by atoms with E-state index in [1.54, 1.807) is 32.9 Å². The molecule has 0 aliphatic carbocycles. The largest absolute Gasteiger partial charge is 0.452 e. The van der Waals surface area contributed by atoms with Crippen LogP contribution in [0, 0.1) is 10.1 Å². The molecule has 0 radical (unpaired) electrons. The van der Waals surface area contributed by atoms with Gasteiger partial charge in [0, 0.05) is 12.6 Å². The fourth-order valence-corrected chi connectivity index (χ4v) is 2.39. The van der Waals surface area contributed by atoms with Crippen LogP contribution in [0.2, 0.25) is 0 Å². The molecule has 0 heterocycles. The van der Waals surface area contributed by atoms with Gasteiger partial charge in [0.1, 0.15) is 11.3 Å². The second-order valence-electron chi connectivity index (χ2n) is 7.45. The molecule has 0 spiro atoms. The second kappa shape index (κ2) is 10.2. The molecule has 2 aromatic rings. The lowest BCUT2D eigenvalue weighted by Gasteiger charge is -2.19. The summed E-state index contributed by atoms with van der Waals surface area (Å²) >= 11 is 0. The standard InChI is InChI=1S/C21H23N3O7/c1-21(2,3)31-20(27)22-12-14-8-10-15(11-9-14)19(26)30-13-18(25)23-16-6-4-5-7-17(16)24(28)29/h4-11H,12-13H2,1-3H3,(H,22,27)(H,23,25). The first-order valence-corrected chi connectivity index (χ1v) is 9.31. The lowest BCUT2D eigenvalue weighted by Crippen LogP contribution is -2.32. The van der Waals surface area contributed by atoms with Gasteiger partial charge in [-0.2, -0.15) is 0 Å². The van der Waals surface area contributed by atoms with Gasteiger partial charge < -0.3 is 20.1 Å². The summed E-state index contributed by atoms with van der Waals surface area (Å²) in [6.45, 7) is 4.88. The number of nitrogens with one attached hydrogen (secondary N) is 2. The predicted molar refractivity (Wildman–Crippen MR) is 112 cm³/mol. The number of nitro benzene ring substituents is 1. The third-order valence-electron chi connectivity index (χ3n) is 3.73. The Morgan fingerprint density at radius 2 is 1.68 bits per heavy atom. The molecule has 0 aromatic heterocycles. The van der Waals surface area contributed by atoms with E-state index < -0.39 is 35.1 Å².